The average molecular weight is 182 g/mol. The van der Waals surface area contributed by atoms with Gasteiger partial charge in [-0.3, -0.25) is 4.98 Å². The number of aryl methyl sites for hydroxylation is 1. The highest BCUT2D eigenvalue weighted by atomic mass is 14.7. The van der Waals surface area contributed by atoms with E-state index in [1.165, 1.54) is 0 Å². The second kappa shape index (κ2) is 3.47. The number of benzene rings is 1. The van der Waals surface area contributed by atoms with Gasteiger partial charge in [-0.1, -0.05) is 6.07 Å². The van der Waals surface area contributed by atoms with Crippen molar-refractivity contribution in [2.45, 2.75) is 13.5 Å². The van der Waals surface area contributed by atoms with Crippen molar-refractivity contribution >= 4 is 10.9 Å². The Kier molecular flexibility index (Phi) is 2.16. The van der Waals surface area contributed by atoms with Gasteiger partial charge in [-0.2, -0.15) is 0 Å². The maximum absolute atomic E-state index is 6.79. The minimum atomic E-state index is 0.448. The predicted molar refractivity (Wildman–Crippen MR) is 56.8 cm³/mol. The quantitative estimate of drug-likeness (QED) is 0.620. The number of hydrogen-bond acceptors (Lipinski definition) is 1. The van der Waals surface area contributed by atoms with Crippen LogP contribution in [0.3, 0.4) is 0 Å². The van der Waals surface area contributed by atoms with Crippen LogP contribution in [0.5, 0.6) is 0 Å². The summed E-state index contributed by atoms with van der Waals surface area (Å²) in [7, 11) is 0. The fourth-order valence-corrected chi connectivity index (χ4v) is 1.47. The fraction of sp³-hybridized carbons (Fsp3) is 0.167. The highest BCUT2D eigenvalue weighted by molar-refractivity contribution is 5.79. The molecule has 0 radical (unpaired) electrons. The molecule has 0 bridgehead atoms. The van der Waals surface area contributed by atoms with Crippen LogP contribution in [0.2, 0.25) is 0 Å². The minimum Gasteiger partial charge on any atom is -0.312 e. The third-order valence-corrected chi connectivity index (χ3v) is 2.15. The van der Waals surface area contributed by atoms with Gasteiger partial charge in [0.25, 0.3) is 0 Å². The van der Waals surface area contributed by atoms with Crippen LogP contribution < -0.4 is 0 Å². The van der Waals surface area contributed by atoms with Gasteiger partial charge in [0.15, 0.2) is 0 Å². The molecular formula is C12H10N2. The summed E-state index contributed by atoms with van der Waals surface area (Å²) in [6.07, 6.45) is 0. The van der Waals surface area contributed by atoms with E-state index in [-0.39, 0.29) is 0 Å². The molecule has 1 aromatic heterocycles. The van der Waals surface area contributed by atoms with E-state index in [1.807, 2.05) is 37.3 Å². The molecule has 2 nitrogen and oxygen atoms in total. The van der Waals surface area contributed by atoms with E-state index in [1.54, 1.807) is 0 Å². The molecule has 0 spiro atoms. The molecule has 0 unspecified atom stereocenters. The topological polar surface area (TPSA) is 17.2 Å². The first-order chi connectivity index (χ1) is 6.79. The molecule has 0 saturated carbocycles. The third-order valence-electron chi connectivity index (χ3n) is 2.15. The number of aromatic nitrogens is 1. The van der Waals surface area contributed by atoms with E-state index in [0.29, 0.717) is 6.54 Å². The normalized spacial score (nSPS) is 10.0. The van der Waals surface area contributed by atoms with Gasteiger partial charge in [0.1, 0.15) is 0 Å². The zero-order valence-electron chi connectivity index (χ0n) is 7.99. The van der Waals surface area contributed by atoms with Gasteiger partial charge in [-0.25, -0.2) is 6.57 Å². The van der Waals surface area contributed by atoms with Crippen molar-refractivity contribution in [3.05, 3.63) is 53.0 Å². The molecule has 2 aromatic rings. The Morgan fingerprint density at radius 1 is 1.29 bits per heavy atom. The van der Waals surface area contributed by atoms with Crippen LogP contribution >= 0.6 is 0 Å². The zero-order chi connectivity index (χ0) is 9.97. The molecule has 14 heavy (non-hydrogen) atoms. The Morgan fingerprint density at radius 2 is 2.14 bits per heavy atom. The fourth-order valence-electron chi connectivity index (χ4n) is 1.47. The van der Waals surface area contributed by atoms with E-state index in [4.69, 9.17) is 6.57 Å². The van der Waals surface area contributed by atoms with Gasteiger partial charge < -0.3 is 4.85 Å². The summed E-state index contributed by atoms with van der Waals surface area (Å²) in [4.78, 5) is 7.76. The Hall–Kier alpha value is -1.88. The van der Waals surface area contributed by atoms with Gasteiger partial charge >= 0.3 is 0 Å². The van der Waals surface area contributed by atoms with E-state index >= 15 is 0 Å². The standard InChI is InChI=1S/C12H10N2/c1-9-3-5-11-7-10(8-13-2)4-6-12(11)14-9/h3-7H,8H2,1H3. The Balaban J connectivity index is 2.57. The van der Waals surface area contributed by atoms with Crippen molar-refractivity contribution in [2.24, 2.45) is 0 Å². The minimum absolute atomic E-state index is 0.448. The third kappa shape index (κ3) is 1.57. The molecule has 0 atom stereocenters. The van der Waals surface area contributed by atoms with Gasteiger partial charge in [0.05, 0.1) is 5.52 Å². The van der Waals surface area contributed by atoms with Crippen molar-refractivity contribution in [3.8, 4) is 0 Å². The molecule has 0 aliphatic heterocycles. The summed E-state index contributed by atoms with van der Waals surface area (Å²) in [5.74, 6) is 0. The van der Waals surface area contributed by atoms with Crippen molar-refractivity contribution in [1.82, 2.24) is 4.98 Å². The number of nitrogens with zero attached hydrogens (tertiary/aromatic N) is 2. The first-order valence-corrected chi connectivity index (χ1v) is 4.49. The molecule has 1 heterocycles. The van der Waals surface area contributed by atoms with Gasteiger partial charge in [-0.15, -0.1) is 0 Å². The van der Waals surface area contributed by atoms with Crippen molar-refractivity contribution in [2.75, 3.05) is 0 Å². The molecule has 2 heteroatoms. The van der Waals surface area contributed by atoms with E-state index in [9.17, 15) is 0 Å². The maximum atomic E-state index is 6.79. The summed E-state index contributed by atoms with van der Waals surface area (Å²) in [6, 6.07) is 10.0. The lowest BCUT2D eigenvalue weighted by molar-refractivity contribution is 1.24. The number of hydrogen-bond donors (Lipinski definition) is 0. The first kappa shape index (κ1) is 8.71. The molecule has 0 aliphatic rings. The smallest absolute Gasteiger partial charge is 0.239 e. The molecule has 0 amide bonds. The van der Waals surface area contributed by atoms with E-state index in [0.717, 1.165) is 22.2 Å². The lowest BCUT2D eigenvalue weighted by Gasteiger charge is -1.99. The molecular weight excluding hydrogens is 172 g/mol. The Bertz CT molecular complexity index is 509. The largest absolute Gasteiger partial charge is 0.312 e. The van der Waals surface area contributed by atoms with E-state index < -0.39 is 0 Å². The molecule has 0 saturated heterocycles. The summed E-state index contributed by atoms with van der Waals surface area (Å²) in [6.45, 7) is 9.22. The van der Waals surface area contributed by atoms with Crippen LogP contribution in [0.25, 0.3) is 15.7 Å². The van der Waals surface area contributed by atoms with Crippen molar-refractivity contribution < 1.29 is 0 Å². The molecule has 2 rings (SSSR count). The first-order valence-electron chi connectivity index (χ1n) is 4.49. The SMILES string of the molecule is [C-]#[N+]Cc1ccc2nc(C)ccc2c1. The molecule has 0 N–H and O–H groups in total. The molecule has 0 aliphatic carbocycles. The number of fused-ring (bicyclic) bond motifs is 1. The lowest BCUT2D eigenvalue weighted by atomic mass is 10.1. The maximum Gasteiger partial charge on any atom is 0.239 e. The van der Waals surface area contributed by atoms with Crippen molar-refractivity contribution in [3.63, 3.8) is 0 Å². The molecule has 1 aromatic carbocycles. The summed E-state index contributed by atoms with van der Waals surface area (Å²) in [5.41, 5.74) is 3.08. The summed E-state index contributed by atoms with van der Waals surface area (Å²) in [5, 5.41) is 1.11. The average Bonchev–Trinajstić information content (AvgIpc) is 2.19. The Labute approximate surface area is 83.0 Å². The monoisotopic (exact) mass is 182 g/mol. The Morgan fingerprint density at radius 3 is 2.93 bits per heavy atom. The zero-order valence-corrected chi connectivity index (χ0v) is 7.99. The second-order valence-electron chi connectivity index (χ2n) is 3.30. The van der Waals surface area contributed by atoms with Gasteiger partial charge in [0.2, 0.25) is 6.54 Å². The lowest BCUT2D eigenvalue weighted by Crippen LogP contribution is -1.85. The predicted octanol–water partition coefficient (Wildman–Crippen LogP) is 2.96. The van der Waals surface area contributed by atoms with Gasteiger partial charge in [0, 0.05) is 16.6 Å². The molecule has 0 fully saturated rings. The van der Waals surface area contributed by atoms with Crippen molar-refractivity contribution in [1.29, 1.82) is 0 Å². The van der Waals surface area contributed by atoms with Gasteiger partial charge in [-0.05, 0) is 31.2 Å². The van der Waals surface area contributed by atoms with Crippen LogP contribution in [0.15, 0.2) is 30.3 Å². The number of rotatable bonds is 1. The van der Waals surface area contributed by atoms with E-state index in [2.05, 4.69) is 9.83 Å². The highest BCUT2D eigenvalue weighted by Gasteiger charge is 1.99. The summed E-state index contributed by atoms with van der Waals surface area (Å²) >= 11 is 0. The van der Waals surface area contributed by atoms with Crippen LogP contribution in [0.1, 0.15) is 11.3 Å². The van der Waals surface area contributed by atoms with Crippen LogP contribution in [-0.2, 0) is 6.54 Å². The number of pyridine rings is 1. The molecule has 68 valence electrons. The van der Waals surface area contributed by atoms with Crippen LogP contribution in [0, 0.1) is 13.5 Å². The summed E-state index contributed by atoms with van der Waals surface area (Å²) < 4.78 is 0. The van der Waals surface area contributed by atoms with Crippen LogP contribution in [-0.4, -0.2) is 4.98 Å². The second-order valence-corrected chi connectivity index (χ2v) is 3.30. The van der Waals surface area contributed by atoms with Crippen LogP contribution in [0.4, 0.5) is 0 Å². The highest BCUT2D eigenvalue weighted by Crippen LogP contribution is 2.15.